The fourth-order valence-electron chi connectivity index (χ4n) is 2.63. The van der Waals surface area contributed by atoms with E-state index < -0.39 is 0 Å². The van der Waals surface area contributed by atoms with Crippen molar-refractivity contribution in [3.8, 4) is 22.6 Å². The lowest BCUT2D eigenvalue weighted by Gasteiger charge is -2.10. The third-order valence-electron chi connectivity index (χ3n) is 3.96. The summed E-state index contributed by atoms with van der Waals surface area (Å²) in [5.74, 6) is 1.44. The number of pyridine rings is 2. The lowest BCUT2D eigenvalue weighted by molar-refractivity contribution is 1.09. The second kappa shape index (κ2) is 7.53. The van der Waals surface area contributed by atoms with Crippen LogP contribution in [-0.4, -0.2) is 19.9 Å². The zero-order valence-corrected chi connectivity index (χ0v) is 14.1. The summed E-state index contributed by atoms with van der Waals surface area (Å²) in [7, 11) is 0. The second-order valence-electron chi connectivity index (χ2n) is 5.77. The summed E-state index contributed by atoms with van der Waals surface area (Å²) < 4.78 is 0. The molecule has 0 radical (unpaired) electrons. The first-order chi connectivity index (χ1) is 12.9. The number of rotatable bonds is 5. The number of nitrogens with zero attached hydrogens (tertiary/aromatic N) is 4. The van der Waals surface area contributed by atoms with Gasteiger partial charge < -0.3 is 5.32 Å². The lowest BCUT2D eigenvalue weighted by atomic mass is 10.1. The summed E-state index contributed by atoms with van der Waals surface area (Å²) in [4.78, 5) is 17.6. The first kappa shape index (κ1) is 15.9. The van der Waals surface area contributed by atoms with E-state index in [2.05, 4.69) is 32.4 Å². The minimum absolute atomic E-state index is 0.664. The van der Waals surface area contributed by atoms with Crippen LogP contribution in [0, 0.1) is 0 Å². The van der Waals surface area contributed by atoms with Crippen molar-refractivity contribution in [2.24, 2.45) is 0 Å². The quantitative estimate of drug-likeness (QED) is 0.590. The summed E-state index contributed by atoms with van der Waals surface area (Å²) in [5, 5.41) is 3.40. The number of benzene rings is 1. The molecule has 4 aromatic rings. The maximum atomic E-state index is 4.72. The van der Waals surface area contributed by atoms with E-state index in [1.807, 2.05) is 48.5 Å². The molecule has 0 bridgehead atoms. The highest BCUT2D eigenvalue weighted by Crippen LogP contribution is 2.24. The van der Waals surface area contributed by atoms with Gasteiger partial charge in [0.15, 0.2) is 5.82 Å². The first-order valence-electron chi connectivity index (χ1n) is 8.36. The van der Waals surface area contributed by atoms with Gasteiger partial charge in [-0.25, -0.2) is 9.97 Å². The van der Waals surface area contributed by atoms with E-state index in [9.17, 15) is 0 Å². The van der Waals surface area contributed by atoms with Gasteiger partial charge in [-0.1, -0.05) is 30.3 Å². The summed E-state index contributed by atoms with van der Waals surface area (Å²) >= 11 is 0. The highest BCUT2D eigenvalue weighted by atomic mass is 15.0. The highest BCUT2D eigenvalue weighted by molar-refractivity contribution is 5.67. The summed E-state index contributed by atoms with van der Waals surface area (Å²) in [6.45, 7) is 0.698. The maximum Gasteiger partial charge on any atom is 0.162 e. The van der Waals surface area contributed by atoms with Gasteiger partial charge in [0.25, 0.3) is 0 Å². The van der Waals surface area contributed by atoms with Crippen LogP contribution < -0.4 is 5.32 Å². The minimum Gasteiger partial charge on any atom is -0.366 e. The largest absolute Gasteiger partial charge is 0.366 e. The van der Waals surface area contributed by atoms with Crippen molar-refractivity contribution in [3.05, 3.63) is 91.0 Å². The number of hydrogen-bond acceptors (Lipinski definition) is 5. The minimum atomic E-state index is 0.664. The van der Waals surface area contributed by atoms with E-state index in [1.165, 1.54) is 5.56 Å². The average Bonchev–Trinajstić information content (AvgIpc) is 2.74. The van der Waals surface area contributed by atoms with E-state index in [1.54, 1.807) is 24.8 Å². The van der Waals surface area contributed by atoms with Crippen LogP contribution in [0.15, 0.2) is 85.5 Å². The van der Waals surface area contributed by atoms with Gasteiger partial charge in [-0.05, 0) is 29.8 Å². The van der Waals surface area contributed by atoms with Crippen LogP contribution in [0.1, 0.15) is 5.56 Å². The summed E-state index contributed by atoms with van der Waals surface area (Å²) in [6.07, 6.45) is 7.02. The molecule has 5 nitrogen and oxygen atoms in total. The molecule has 0 aliphatic rings. The predicted molar refractivity (Wildman–Crippen MR) is 102 cm³/mol. The molecule has 126 valence electrons. The molecule has 0 unspecified atom stereocenters. The van der Waals surface area contributed by atoms with Gasteiger partial charge in [-0.2, -0.15) is 0 Å². The molecule has 26 heavy (non-hydrogen) atoms. The maximum absolute atomic E-state index is 4.72. The Hall–Kier alpha value is -3.60. The topological polar surface area (TPSA) is 63.6 Å². The Morgan fingerprint density at radius 1 is 0.692 bits per heavy atom. The SMILES string of the molecule is c1ccc(CNc2cc(-c3ccncc3)nc(-c3ccncc3)n2)cc1. The van der Waals surface area contributed by atoms with E-state index >= 15 is 0 Å². The number of nitrogens with one attached hydrogen (secondary N) is 1. The first-order valence-corrected chi connectivity index (χ1v) is 8.36. The molecule has 0 amide bonds. The average molecular weight is 339 g/mol. The molecule has 3 aromatic heterocycles. The molecule has 1 aromatic carbocycles. The monoisotopic (exact) mass is 339 g/mol. The molecular formula is C21H17N5. The van der Waals surface area contributed by atoms with Crippen LogP contribution in [0.2, 0.25) is 0 Å². The van der Waals surface area contributed by atoms with Gasteiger partial charge in [-0.15, -0.1) is 0 Å². The Balaban J connectivity index is 1.70. The molecule has 0 aliphatic carbocycles. The molecule has 1 N–H and O–H groups in total. The number of anilines is 1. The van der Waals surface area contributed by atoms with Crippen molar-refractivity contribution in [3.63, 3.8) is 0 Å². The molecule has 0 saturated heterocycles. The molecule has 0 aliphatic heterocycles. The van der Waals surface area contributed by atoms with Crippen molar-refractivity contribution in [1.82, 2.24) is 19.9 Å². The van der Waals surface area contributed by atoms with Crippen LogP contribution in [0.25, 0.3) is 22.6 Å². The molecule has 0 saturated carbocycles. The van der Waals surface area contributed by atoms with Crippen LogP contribution in [-0.2, 0) is 6.54 Å². The summed E-state index contributed by atoms with van der Waals surface area (Å²) in [5.41, 5.74) is 3.98. The van der Waals surface area contributed by atoms with Crippen molar-refractivity contribution in [1.29, 1.82) is 0 Å². The lowest BCUT2D eigenvalue weighted by Crippen LogP contribution is -2.04. The number of aromatic nitrogens is 4. The number of hydrogen-bond donors (Lipinski definition) is 1. The zero-order valence-electron chi connectivity index (χ0n) is 14.1. The molecule has 0 fully saturated rings. The standard InChI is InChI=1S/C21H17N5/c1-2-4-16(5-3-1)15-24-20-14-19(17-6-10-22-11-7-17)25-21(26-20)18-8-12-23-13-9-18/h1-14H,15H2,(H,24,25,26). The van der Waals surface area contributed by atoms with Crippen molar-refractivity contribution < 1.29 is 0 Å². The van der Waals surface area contributed by atoms with Gasteiger partial charge in [0.2, 0.25) is 0 Å². The highest BCUT2D eigenvalue weighted by Gasteiger charge is 2.09. The smallest absolute Gasteiger partial charge is 0.162 e. The Labute approximate surface area is 151 Å². The predicted octanol–water partition coefficient (Wildman–Crippen LogP) is 4.21. The fourth-order valence-corrected chi connectivity index (χ4v) is 2.63. The van der Waals surface area contributed by atoms with Gasteiger partial charge in [0.05, 0.1) is 5.69 Å². The Morgan fingerprint density at radius 2 is 1.35 bits per heavy atom. The van der Waals surface area contributed by atoms with E-state index in [4.69, 9.17) is 4.98 Å². The van der Waals surface area contributed by atoms with Gasteiger partial charge in [0.1, 0.15) is 5.82 Å². The van der Waals surface area contributed by atoms with Crippen LogP contribution in [0.4, 0.5) is 5.82 Å². The van der Waals surface area contributed by atoms with Crippen LogP contribution in [0.3, 0.4) is 0 Å². The third-order valence-corrected chi connectivity index (χ3v) is 3.96. The van der Waals surface area contributed by atoms with E-state index in [-0.39, 0.29) is 0 Å². The molecule has 0 spiro atoms. The van der Waals surface area contributed by atoms with Crippen molar-refractivity contribution in [2.75, 3.05) is 5.32 Å². The van der Waals surface area contributed by atoms with Gasteiger partial charge in [0, 0.05) is 48.5 Å². The van der Waals surface area contributed by atoms with E-state index in [0.29, 0.717) is 12.4 Å². The molecule has 4 rings (SSSR count). The fraction of sp³-hybridized carbons (Fsp3) is 0.0476. The van der Waals surface area contributed by atoms with Crippen molar-refractivity contribution >= 4 is 5.82 Å². The summed E-state index contributed by atoms with van der Waals surface area (Å²) in [6, 6.07) is 19.9. The Bertz CT molecular complexity index is 915. The normalized spacial score (nSPS) is 10.5. The third kappa shape index (κ3) is 3.72. The molecule has 5 heteroatoms. The zero-order chi connectivity index (χ0) is 17.6. The Kier molecular flexibility index (Phi) is 4.60. The molecule has 3 heterocycles. The van der Waals surface area contributed by atoms with E-state index in [0.717, 1.165) is 22.6 Å². The molecular weight excluding hydrogens is 322 g/mol. The van der Waals surface area contributed by atoms with Crippen LogP contribution >= 0.6 is 0 Å². The van der Waals surface area contributed by atoms with Gasteiger partial charge >= 0.3 is 0 Å². The second-order valence-corrected chi connectivity index (χ2v) is 5.77. The van der Waals surface area contributed by atoms with Crippen LogP contribution in [0.5, 0.6) is 0 Å². The Morgan fingerprint density at radius 3 is 2.04 bits per heavy atom. The molecule has 0 atom stereocenters. The van der Waals surface area contributed by atoms with Crippen molar-refractivity contribution in [2.45, 2.75) is 6.54 Å². The van der Waals surface area contributed by atoms with Gasteiger partial charge in [-0.3, -0.25) is 9.97 Å².